The smallest absolute Gasteiger partial charge is 0.271 e. The van der Waals surface area contributed by atoms with Gasteiger partial charge in [-0.2, -0.15) is 0 Å². The third-order valence-corrected chi connectivity index (χ3v) is 7.62. The zero-order chi connectivity index (χ0) is 22.5. The maximum absolute atomic E-state index is 13.7. The summed E-state index contributed by atoms with van der Waals surface area (Å²) in [5.74, 6) is 0. The summed E-state index contributed by atoms with van der Waals surface area (Å²) in [5, 5.41) is 0. The lowest BCUT2D eigenvalue weighted by atomic mass is 9.83. The molecule has 0 saturated heterocycles. The molecule has 4 aromatic rings. The van der Waals surface area contributed by atoms with Crippen LogP contribution < -0.4 is 14.9 Å². The molecule has 1 aromatic heterocycles. The molecule has 33 heavy (non-hydrogen) atoms. The van der Waals surface area contributed by atoms with Gasteiger partial charge in [0.2, 0.25) is 0 Å². The van der Waals surface area contributed by atoms with E-state index < -0.39 is 0 Å². The molecule has 2 heterocycles. The molecule has 1 aliphatic carbocycles. The topological polar surface area (TPSA) is 34.4 Å². The number of rotatable bonds is 2. The number of thiazole rings is 1. The Labute approximate surface area is 196 Å². The van der Waals surface area contributed by atoms with E-state index in [0.29, 0.717) is 0 Å². The van der Waals surface area contributed by atoms with Crippen molar-refractivity contribution < 1.29 is 0 Å². The van der Waals surface area contributed by atoms with E-state index in [1.165, 1.54) is 39.2 Å². The third-order valence-electron chi connectivity index (χ3n) is 6.64. The van der Waals surface area contributed by atoms with Crippen molar-refractivity contribution in [1.82, 2.24) is 4.57 Å². The maximum atomic E-state index is 13.7. The minimum absolute atomic E-state index is 0.0373. The second-order valence-electron chi connectivity index (χ2n) is 8.94. The highest BCUT2D eigenvalue weighted by atomic mass is 32.1. The van der Waals surface area contributed by atoms with Crippen LogP contribution >= 0.6 is 11.3 Å². The molecule has 0 saturated carbocycles. The molecule has 0 N–H and O–H groups in total. The summed E-state index contributed by atoms with van der Waals surface area (Å²) in [4.78, 5) is 19.6. The molecule has 1 aliphatic heterocycles. The molecule has 4 heteroatoms. The van der Waals surface area contributed by atoms with Gasteiger partial charge in [-0.15, -0.1) is 0 Å². The second-order valence-corrected chi connectivity index (χ2v) is 9.94. The summed E-state index contributed by atoms with van der Waals surface area (Å²) in [6, 6.07) is 25.3. The molecular weight excluding hydrogens is 424 g/mol. The monoisotopic (exact) mass is 448 g/mol. The van der Waals surface area contributed by atoms with Crippen LogP contribution in [0.3, 0.4) is 0 Å². The van der Waals surface area contributed by atoms with E-state index in [4.69, 9.17) is 4.99 Å². The quantitative estimate of drug-likeness (QED) is 0.428. The summed E-state index contributed by atoms with van der Waals surface area (Å²) in [6.07, 6.45) is 3.88. The van der Waals surface area contributed by atoms with Gasteiger partial charge in [-0.05, 0) is 55.0 Å². The Bertz CT molecular complexity index is 1590. The second kappa shape index (κ2) is 7.82. The van der Waals surface area contributed by atoms with Crippen molar-refractivity contribution in [2.24, 2.45) is 4.99 Å². The summed E-state index contributed by atoms with van der Waals surface area (Å²) < 4.78 is 2.64. The molecule has 6 rings (SSSR count). The number of allylic oxidation sites excluding steroid dienone is 1. The number of aryl methyl sites for hydroxylation is 3. The van der Waals surface area contributed by atoms with Gasteiger partial charge in [-0.3, -0.25) is 9.36 Å². The van der Waals surface area contributed by atoms with Crippen LogP contribution in [0.2, 0.25) is 0 Å². The molecule has 0 radical (unpaired) electrons. The predicted octanol–water partition coefficient (Wildman–Crippen LogP) is 4.94. The molecule has 3 aromatic carbocycles. The van der Waals surface area contributed by atoms with Crippen molar-refractivity contribution in [3.05, 3.63) is 131 Å². The molecule has 162 valence electrons. The van der Waals surface area contributed by atoms with Gasteiger partial charge in [-0.25, -0.2) is 4.99 Å². The van der Waals surface area contributed by atoms with Gasteiger partial charge >= 0.3 is 0 Å². The molecule has 3 nitrogen and oxygen atoms in total. The number of aromatic nitrogens is 1. The van der Waals surface area contributed by atoms with Crippen LogP contribution in [0.5, 0.6) is 0 Å². The van der Waals surface area contributed by atoms with Gasteiger partial charge in [0, 0.05) is 5.56 Å². The van der Waals surface area contributed by atoms with Crippen molar-refractivity contribution >= 4 is 23.1 Å². The van der Waals surface area contributed by atoms with E-state index in [1.54, 1.807) is 0 Å². The fraction of sp³-hybridized carbons (Fsp3) is 0.172. The first-order valence-corrected chi connectivity index (χ1v) is 12.2. The lowest BCUT2D eigenvalue weighted by Gasteiger charge is -2.30. The Morgan fingerprint density at radius 3 is 2.36 bits per heavy atom. The van der Waals surface area contributed by atoms with Crippen molar-refractivity contribution in [3.63, 3.8) is 0 Å². The number of hydrogen-bond donors (Lipinski definition) is 0. The van der Waals surface area contributed by atoms with Gasteiger partial charge < -0.3 is 0 Å². The number of benzene rings is 3. The average Bonchev–Trinajstić information content (AvgIpc) is 3.14. The van der Waals surface area contributed by atoms with E-state index in [1.807, 2.05) is 10.6 Å². The maximum Gasteiger partial charge on any atom is 0.271 e. The first-order valence-electron chi connectivity index (χ1n) is 11.3. The van der Waals surface area contributed by atoms with Gasteiger partial charge in [-0.1, -0.05) is 95.3 Å². The molecule has 0 bridgehead atoms. The van der Waals surface area contributed by atoms with E-state index >= 15 is 0 Å². The molecule has 1 atom stereocenters. The SMILES string of the molecule is Cc1ccc(/C=c2/sc3n(c2=O)C(c2ccc(C)cc2)C2=C(N=3)c3ccccc3CC2)cc1. The molecule has 0 fully saturated rings. The summed E-state index contributed by atoms with van der Waals surface area (Å²) in [6.45, 7) is 4.17. The van der Waals surface area contributed by atoms with Gasteiger partial charge in [0.25, 0.3) is 5.56 Å². The predicted molar refractivity (Wildman–Crippen MR) is 135 cm³/mol. The Balaban J connectivity index is 1.62. The Morgan fingerprint density at radius 1 is 0.909 bits per heavy atom. The fourth-order valence-electron chi connectivity index (χ4n) is 4.89. The highest BCUT2D eigenvalue weighted by Gasteiger charge is 2.32. The van der Waals surface area contributed by atoms with E-state index in [9.17, 15) is 4.79 Å². The standard InChI is InChI=1S/C29H24N2OS/c1-18-7-11-20(12-8-18)17-25-28(32)31-27(22-13-9-19(2)10-14-22)24-16-15-21-5-3-4-6-23(21)26(24)30-29(31)33-25/h3-14,17,27H,15-16H2,1-2H3/b25-17+. The number of fused-ring (bicyclic) bond motifs is 3. The van der Waals surface area contributed by atoms with Crippen LogP contribution in [-0.4, -0.2) is 4.57 Å². The first-order chi connectivity index (χ1) is 16.1. The van der Waals surface area contributed by atoms with Crippen LogP contribution in [0.1, 0.15) is 45.8 Å². The molecule has 2 aliphatic rings. The van der Waals surface area contributed by atoms with E-state index in [-0.39, 0.29) is 11.6 Å². The van der Waals surface area contributed by atoms with Crippen molar-refractivity contribution in [2.75, 3.05) is 0 Å². The highest BCUT2D eigenvalue weighted by Crippen LogP contribution is 2.41. The average molecular weight is 449 g/mol. The molecule has 1 unspecified atom stereocenters. The summed E-state index contributed by atoms with van der Waals surface area (Å²) in [7, 11) is 0. The van der Waals surface area contributed by atoms with Crippen LogP contribution in [0.4, 0.5) is 0 Å². The Kier molecular flexibility index (Phi) is 4.77. The first kappa shape index (κ1) is 20.1. The van der Waals surface area contributed by atoms with Crippen molar-refractivity contribution in [3.8, 4) is 0 Å². The largest absolute Gasteiger partial charge is 0.272 e. The van der Waals surface area contributed by atoms with Crippen molar-refractivity contribution in [1.29, 1.82) is 0 Å². The fourth-order valence-corrected chi connectivity index (χ4v) is 5.89. The molecule has 0 amide bonds. The number of nitrogens with zero attached hydrogens (tertiary/aromatic N) is 2. The number of hydrogen-bond acceptors (Lipinski definition) is 3. The molecule has 0 spiro atoms. The summed E-state index contributed by atoms with van der Waals surface area (Å²) in [5.41, 5.74) is 9.46. The third kappa shape index (κ3) is 3.42. The van der Waals surface area contributed by atoms with Crippen LogP contribution in [0.25, 0.3) is 11.8 Å². The van der Waals surface area contributed by atoms with Gasteiger partial charge in [0.15, 0.2) is 4.80 Å². The van der Waals surface area contributed by atoms with Gasteiger partial charge in [0.1, 0.15) is 0 Å². The minimum Gasteiger partial charge on any atom is -0.272 e. The van der Waals surface area contributed by atoms with Crippen molar-refractivity contribution in [2.45, 2.75) is 32.7 Å². The normalized spacial score (nSPS) is 17.3. The van der Waals surface area contributed by atoms with Crippen LogP contribution in [0.15, 0.2) is 88.2 Å². The van der Waals surface area contributed by atoms with E-state index in [2.05, 4.69) is 86.6 Å². The van der Waals surface area contributed by atoms with E-state index in [0.717, 1.165) is 39.0 Å². The summed E-state index contributed by atoms with van der Waals surface area (Å²) >= 11 is 1.49. The van der Waals surface area contributed by atoms with Crippen LogP contribution in [0, 0.1) is 13.8 Å². The lowest BCUT2D eigenvalue weighted by Crippen LogP contribution is -2.38. The zero-order valence-corrected chi connectivity index (χ0v) is 19.5. The Hall–Kier alpha value is -3.50. The van der Waals surface area contributed by atoms with Crippen LogP contribution in [-0.2, 0) is 6.42 Å². The Morgan fingerprint density at radius 2 is 1.61 bits per heavy atom. The highest BCUT2D eigenvalue weighted by molar-refractivity contribution is 7.07. The van der Waals surface area contributed by atoms with Gasteiger partial charge in [0.05, 0.1) is 16.3 Å². The lowest BCUT2D eigenvalue weighted by molar-refractivity contribution is 0.585. The minimum atomic E-state index is -0.120. The molecular formula is C29H24N2OS. The zero-order valence-electron chi connectivity index (χ0n) is 18.7.